The van der Waals surface area contributed by atoms with Crippen LogP contribution in [0.1, 0.15) is 207 Å². The molecule has 17 atom stereocenters. The van der Waals surface area contributed by atoms with Crippen LogP contribution in [0.3, 0.4) is 0 Å². The molecular weight excluding hydrogens is 1910 g/mol. The summed E-state index contributed by atoms with van der Waals surface area (Å²) < 4.78 is 0. The first-order valence-corrected chi connectivity index (χ1v) is 50.0. The van der Waals surface area contributed by atoms with Gasteiger partial charge in [0.1, 0.15) is 90.6 Å². The van der Waals surface area contributed by atoms with Gasteiger partial charge in [0, 0.05) is 85.1 Å². The molecule has 0 radical (unpaired) electrons. The average Bonchev–Trinajstić information content (AvgIpc) is 1.65. The van der Waals surface area contributed by atoms with Crippen molar-refractivity contribution in [3.8, 4) is 0 Å². The van der Waals surface area contributed by atoms with Crippen molar-refractivity contribution in [2.45, 2.75) is 304 Å². The van der Waals surface area contributed by atoms with Crippen LogP contribution >= 0.6 is 0 Å². The molecule has 0 aromatic carbocycles. The van der Waals surface area contributed by atoms with Gasteiger partial charge in [-0.05, 0) is 185 Å². The first-order valence-electron chi connectivity index (χ1n) is 50.0. The highest BCUT2D eigenvalue weighted by molar-refractivity contribution is 6.02. The Kier molecular flexibility index (Phi) is 52.7. The number of aliphatic hydroxyl groups is 1. The molecule has 0 aromatic heterocycles. The van der Waals surface area contributed by atoms with Crippen molar-refractivity contribution < 1.29 is 86.9 Å². The summed E-state index contributed by atoms with van der Waals surface area (Å²) in [6.07, 6.45) is 2.75. The number of hydrogen-bond donors (Lipinski definition) is 37. The summed E-state index contributed by atoms with van der Waals surface area (Å²) in [7, 11) is 0. The van der Waals surface area contributed by atoms with Crippen molar-refractivity contribution in [2.75, 3.05) is 91.7 Å². The minimum absolute atomic E-state index is 0.00138. The molecule has 15 amide bonds. The van der Waals surface area contributed by atoms with Gasteiger partial charge in [0.2, 0.25) is 88.6 Å². The van der Waals surface area contributed by atoms with Crippen LogP contribution in [0, 0.1) is 55.1 Å². The van der Waals surface area contributed by atoms with Crippen molar-refractivity contribution in [1.82, 2.24) is 120 Å². The number of nitrogens with one attached hydrogen (secondary N) is 26. The minimum atomic E-state index is -1.84. The number of aliphatic carboxylic acids is 1. The van der Waals surface area contributed by atoms with Gasteiger partial charge in [-0.15, -0.1) is 0 Å². The maximum atomic E-state index is 15.3. The van der Waals surface area contributed by atoms with E-state index in [9.17, 15) is 63.0 Å². The molecule has 5 aliphatic heterocycles. The largest absolute Gasteiger partial charge is 0.480 e. The lowest BCUT2D eigenvalue weighted by atomic mass is 9.96. The zero-order chi connectivity index (χ0) is 109. The van der Waals surface area contributed by atoms with Crippen molar-refractivity contribution in [1.29, 1.82) is 43.3 Å². The maximum Gasteiger partial charge on any atom is 0.326 e. The molecule has 0 spiro atoms. The third-order valence-corrected chi connectivity index (χ3v) is 25.7. The van der Waals surface area contributed by atoms with Gasteiger partial charge in [-0.2, -0.15) is 0 Å². The number of nitrogens with two attached hydrogens (primary N) is 9. The van der Waals surface area contributed by atoms with Crippen LogP contribution in [0.2, 0.25) is 0 Å². The van der Waals surface area contributed by atoms with E-state index in [0.29, 0.717) is 19.3 Å². The normalized spacial score (nSPS) is 18.8. The Balaban J connectivity index is 1.36. The number of carbonyl (C=O) groups excluding carboxylic acids is 15. The van der Waals surface area contributed by atoms with E-state index in [-0.39, 0.29) is 281 Å². The molecule has 5 saturated heterocycles. The molecule has 58 heteroatoms. The predicted octanol–water partition coefficient (Wildman–Crippen LogP) is -10.6. The molecule has 0 aliphatic carbocycles. The van der Waals surface area contributed by atoms with E-state index >= 15 is 24.0 Å². The second-order valence-corrected chi connectivity index (χ2v) is 37.5. The molecule has 5 fully saturated rings. The van der Waals surface area contributed by atoms with Crippen LogP contribution < -0.4 is 147 Å². The SMILES string of the molecule is CC[C@H](C)[C@H](NC(=O)[C@H](CCCNC(=N)N)NC(=O)[C@@H](N)CCCNC(=N)N)C(=O)N[C@@H](CCCNC(=N)N)C(=O)N1CCC[C@H]1C(=O)N[C@@H](CCCNC(=N)N)C(=O)N1CCC[C@H]1C(=O)N1CCC[C@H]1C(=O)N[C@@H](CCCNC(=N)N)C(=O)N[C@@H](CC(C)C)C(=O)N[C@@H](CO)C(=O)N[C@@H](CCCNC(=N)N)C(=O)N1CCC[C@H]1C(=O)N[C@@H](CCCNC(=N)N)C(=O)N1CCC[C@H]1C(=O)N[C@@H](CCCNC(=N)N)C(=O)O. The Morgan fingerprint density at radius 3 is 0.870 bits per heavy atom. The van der Waals surface area contributed by atoms with Crippen molar-refractivity contribution in [3.63, 3.8) is 0 Å². The number of carboxylic acid groups (broad SMARTS) is 1. The fourth-order valence-corrected chi connectivity index (χ4v) is 18.0. The lowest BCUT2D eigenvalue weighted by molar-refractivity contribution is -0.148. The third-order valence-electron chi connectivity index (χ3n) is 25.7. The van der Waals surface area contributed by atoms with Gasteiger partial charge < -0.3 is 182 Å². The number of carbonyl (C=O) groups is 16. The summed E-state index contributed by atoms with van der Waals surface area (Å²) in [5.74, 6) is -17.3. The number of rotatable bonds is 63. The fourth-order valence-electron chi connectivity index (χ4n) is 18.0. The fraction of sp³-hybridized carbons (Fsp3) is 0.727. The number of hydrogen-bond acceptors (Lipinski definition) is 26. The molecule has 58 nitrogen and oxygen atoms in total. The van der Waals surface area contributed by atoms with E-state index in [1.807, 2.05) is 0 Å². The Hall–Kier alpha value is -14.4. The van der Waals surface area contributed by atoms with Gasteiger partial charge in [0.25, 0.3) is 0 Å². The number of guanidine groups is 8. The van der Waals surface area contributed by atoms with Crippen molar-refractivity contribution in [2.24, 2.45) is 63.4 Å². The van der Waals surface area contributed by atoms with Crippen LogP contribution in [-0.2, 0) is 76.7 Å². The number of aliphatic hydroxyl groups excluding tert-OH is 1. The Labute approximate surface area is 848 Å². The quantitative estimate of drug-likeness (QED) is 0.0153. The lowest BCUT2D eigenvalue weighted by Gasteiger charge is -2.34. The highest BCUT2D eigenvalue weighted by Gasteiger charge is 2.49. The Morgan fingerprint density at radius 1 is 0.301 bits per heavy atom. The lowest BCUT2D eigenvalue weighted by Crippen LogP contribution is -2.61. The molecule has 0 bridgehead atoms. The summed E-state index contributed by atoms with van der Waals surface area (Å²) in [4.78, 5) is 239. The Bertz CT molecular complexity index is 4510. The summed E-state index contributed by atoms with van der Waals surface area (Å²) in [6, 6.07) is -21.7. The van der Waals surface area contributed by atoms with Gasteiger partial charge >= 0.3 is 5.97 Å². The molecule has 0 aromatic rings. The highest BCUT2D eigenvalue weighted by Crippen LogP contribution is 2.30. The molecule has 0 unspecified atom stereocenters. The van der Waals surface area contributed by atoms with E-state index < -0.39 is 222 Å². The van der Waals surface area contributed by atoms with Gasteiger partial charge in [0.15, 0.2) is 47.7 Å². The molecule has 820 valence electrons. The van der Waals surface area contributed by atoms with Crippen molar-refractivity contribution >= 4 is 142 Å². The monoisotopic (exact) mass is 2070 g/mol. The van der Waals surface area contributed by atoms with Crippen molar-refractivity contribution in [3.05, 3.63) is 0 Å². The number of likely N-dealkylation sites (tertiary alicyclic amines) is 5. The Morgan fingerprint density at radius 2 is 0.541 bits per heavy atom. The summed E-state index contributed by atoms with van der Waals surface area (Å²) in [5, 5.41) is 130. The smallest absolute Gasteiger partial charge is 0.326 e. The van der Waals surface area contributed by atoms with Gasteiger partial charge in [-0.25, -0.2) is 4.79 Å². The molecular formula is C88H160N40O18. The van der Waals surface area contributed by atoms with Crippen LogP contribution in [0.5, 0.6) is 0 Å². The molecule has 5 heterocycles. The molecule has 5 rings (SSSR count). The summed E-state index contributed by atoms with van der Waals surface area (Å²) in [5.41, 5.74) is 50.4. The summed E-state index contributed by atoms with van der Waals surface area (Å²) >= 11 is 0. The summed E-state index contributed by atoms with van der Waals surface area (Å²) in [6.45, 7) is 6.52. The number of amides is 15. The number of nitrogens with zero attached hydrogens (tertiary/aromatic N) is 5. The van der Waals surface area contributed by atoms with Crippen LogP contribution in [0.15, 0.2) is 0 Å². The first kappa shape index (κ1) is 122. The van der Waals surface area contributed by atoms with Gasteiger partial charge in [0.05, 0.1) is 12.6 Å². The van der Waals surface area contributed by atoms with Gasteiger partial charge in [-0.3, -0.25) is 115 Å². The number of carboxylic acids is 1. The zero-order valence-electron chi connectivity index (χ0n) is 83.9. The minimum Gasteiger partial charge on any atom is -0.480 e. The van der Waals surface area contributed by atoms with E-state index in [2.05, 4.69) is 95.7 Å². The van der Waals surface area contributed by atoms with E-state index in [1.54, 1.807) is 27.7 Å². The van der Waals surface area contributed by atoms with E-state index in [1.165, 1.54) is 24.5 Å². The van der Waals surface area contributed by atoms with Crippen LogP contribution in [0.4, 0.5) is 0 Å². The van der Waals surface area contributed by atoms with Crippen LogP contribution in [-0.4, -0.2) is 365 Å². The average molecular weight is 2070 g/mol. The van der Waals surface area contributed by atoms with E-state index in [4.69, 9.17) is 94.9 Å². The first-order chi connectivity index (χ1) is 69.2. The maximum absolute atomic E-state index is 15.3. The molecule has 46 N–H and O–H groups in total. The van der Waals surface area contributed by atoms with Crippen LogP contribution in [0.25, 0.3) is 0 Å². The standard InChI is InChI=1S/C88H160N40O18/c1-5-48(4)64(123-67(132)51(21-8-34-108-83(94)95)114-65(130)49(89)19-6-32-106-81(90)91)74(139)119-55(25-12-38-112-87(102)103)77(142)125-41-15-28-60(125)72(137)118-54(24-11-37-111-86(100)101)78(143)128-44-18-31-63(128)79(144)127-43-17-30-62(127)70(135)115-50(20-7-33-107-82(92)93)66(131)121-57(45-47(2)3)68(133)122-58(46-129)69(134)116-52(22-9-35-109-84(96)97)75(140)124-40-14-27-59(124)71(136)117-53(23-10-36-110-85(98)99)76(141)126-42-16-29-61(126)73(138)120-56(80(145)146)26-13-39-113-88(104)105/h47-64,129H,5-46,89H2,1-4H3,(H,114,130)(H,115,135)(H,116,134)(H,117,136)(H,118,137)(H,119,139)(H,120,138)(H,121,131)(H,122,133)(H,123,132)(H,145,146)(H4,90,91,106)(H4,92,93,107)(H4,94,95,108)(H4,96,97,109)(H4,98,99,110)(H4,100,101,111)(H4,102,103,112)(H4,104,105,113)/t48-,49-,50-,51-,52-,53-,54-,55-,56-,57-,58-,59-,60-,61-,62-,63-,64-/m0/s1. The molecule has 0 saturated carbocycles. The highest BCUT2D eigenvalue weighted by atomic mass is 16.4. The topological polar surface area (TPSA) is 971 Å². The second kappa shape index (κ2) is 63.0. The molecule has 5 aliphatic rings. The van der Waals surface area contributed by atoms with E-state index in [0.717, 1.165) is 0 Å². The van der Waals surface area contributed by atoms with Gasteiger partial charge in [-0.1, -0.05) is 34.1 Å². The predicted molar refractivity (Wildman–Crippen MR) is 538 cm³/mol. The third kappa shape index (κ3) is 41.4. The second-order valence-electron chi connectivity index (χ2n) is 37.5. The molecule has 146 heavy (non-hydrogen) atoms. The zero-order valence-corrected chi connectivity index (χ0v) is 83.9.